The fraction of sp³-hybridized carbons (Fsp3) is 0.222. The van der Waals surface area contributed by atoms with E-state index in [2.05, 4.69) is 4.98 Å². The number of carbonyl (C=O) groups excluding carboxylic acids is 1. The molecule has 0 unspecified atom stereocenters. The summed E-state index contributed by atoms with van der Waals surface area (Å²) in [5, 5.41) is 0.400. The van der Waals surface area contributed by atoms with Crippen molar-refractivity contribution in [3.05, 3.63) is 31.8 Å². The van der Waals surface area contributed by atoms with E-state index in [9.17, 15) is 14.4 Å². The maximum atomic E-state index is 11.9. The first-order valence-corrected chi connectivity index (χ1v) is 5.57. The number of hydrogen-bond acceptors (Lipinski definition) is 5. The maximum absolute atomic E-state index is 11.9. The SMILES string of the molecule is Cc1cc2c(=O)n(CC(=O)NN)c(=O)[nH]c2s1. The van der Waals surface area contributed by atoms with Crippen LogP contribution >= 0.6 is 11.3 Å². The Labute approximate surface area is 98.8 Å². The van der Waals surface area contributed by atoms with E-state index in [1.807, 2.05) is 12.3 Å². The van der Waals surface area contributed by atoms with Crippen LogP contribution in [0.1, 0.15) is 4.88 Å². The van der Waals surface area contributed by atoms with E-state index < -0.39 is 23.7 Å². The normalized spacial score (nSPS) is 10.7. The number of fused-ring (bicyclic) bond motifs is 1. The van der Waals surface area contributed by atoms with Crippen LogP contribution in [-0.2, 0) is 11.3 Å². The van der Waals surface area contributed by atoms with Gasteiger partial charge in [-0.05, 0) is 13.0 Å². The molecule has 17 heavy (non-hydrogen) atoms. The minimum Gasteiger partial charge on any atom is -0.298 e. The lowest BCUT2D eigenvalue weighted by molar-refractivity contribution is -0.121. The van der Waals surface area contributed by atoms with Gasteiger partial charge in [-0.3, -0.25) is 24.6 Å². The first kappa shape index (κ1) is 11.6. The highest BCUT2D eigenvalue weighted by molar-refractivity contribution is 7.18. The lowest BCUT2D eigenvalue weighted by atomic mass is 10.3. The number of aromatic nitrogens is 2. The number of H-pyrrole nitrogens is 1. The zero-order chi connectivity index (χ0) is 12.6. The van der Waals surface area contributed by atoms with Crippen LogP contribution in [0.2, 0.25) is 0 Å². The van der Waals surface area contributed by atoms with Crippen molar-refractivity contribution in [2.45, 2.75) is 13.5 Å². The molecule has 0 aromatic carbocycles. The Kier molecular flexibility index (Phi) is 2.82. The van der Waals surface area contributed by atoms with E-state index in [4.69, 9.17) is 5.84 Å². The number of nitrogens with one attached hydrogen (secondary N) is 2. The third kappa shape index (κ3) is 1.99. The molecular weight excluding hydrogens is 244 g/mol. The number of hydrazine groups is 1. The molecule has 0 saturated heterocycles. The lowest BCUT2D eigenvalue weighted by Crippen LogP contribution is -2.42. The molecule has 0 aliphatic heterocycles. The van der Waals surface area contributed by atoms with Gasteiger partial charge in [-0.1, -0.05) is 0 Å². The fourth-order valence-corrected chi connectivity index (χ4v) is 2.39. The van der Waals surface area contributed by atoms with Crippen molar-refractivity contribution in [3.8, 4) is 0 Å². The molecule has 8 heteroatoms. The van der Waals surface area contributed by atoms with Crippen LogP contribution in [0.15, 0.2) is 15.7 Å². The zero-order valence-corrected chi connectivity index (χ0v) is 9.76. The Morgan fingerprint density at radius 3 is 2.94 bits per heavy atom. The third-order valence-electron chi connectivity index (χ3n) is 2.26. The smallest absolute Gasteiger partial charge is 0.298 e. The van der Waals surface area contributed by atoms with Gasteiger partial charge < -0.3 is 0 Å². The average molecular weight is 254 g/mol. The summed E-state index contributed by atoms with van der Waals surface area (Å²) in [5.41, 5.74) is 0.766. The second-order valence-corrected chi connectivity index (χ2v) is 4.75. The molecule has 0 atom stereocenters. The van der Waals surface area contributed by atoms with Crippen LogP contribution in [0.3, 0.4) is 0 Å². The number of aryl methyl sites for hydroxylation is 1. The highest BCUT2D eigenvalue weighted by Crippen LogP contribution is 2.18. The molecule has 2 heterocycles. The first-order valence-electron chi connectivity index (χ1n) is 4.75. The monoisotopic (exact) mass is 254 g/mol. The summed E-state index contributed by atoms with van der Waals surface area (Å²) in [6, 6.07) is 1.68. The Bertz CT molecular complexity index is 696. The predicted molar refractivity (Wildman–Crippen MR) is 63.8 cm³/mol. The molecule has 1 amide bonds. The topological polar surface area (TPSA) is 110 Å². The average Bonchev–Trinajstić information content (AvgIpc) is 2.64. The van der Waals surface area contributed by atoms with Gasteiger partial charge in [0.1, 0.15) is 11.4 Å². The van der Waals surface area contributed by atoms with E-state index >= 15 is 0 Å². The van der Waals surface area contributed by atoms with Crippen LogP contribution in [-0.4, -0.2) is 15.5 Å². The van der Waals surface area contributed by atoms with Gasteiger partial charge in [0.25, 0.3) is 11.5 Å². The van der Waals surface area contributed by atoms with Gasteiger partial charge in [0.15, 0.2) is 0 Å². The van der Waals surface area contributed by atoms with Crippen molar-refractivity contribution < 1.29 is 4.79 Å². The number of carbonyl (C=O) groups is 1. The van der Waals surface area contributed by atoms with E-state index in [1.165, 1.54) is 11.3 Å². The fourth-order valence-electron chi connectivity index (χ4n) is 1.50. The molecule has 0 fully saturated rings. The van der Waals surface area contributed by atoms with Gasteiger partial charge in [0.05, 0.1) is 5.39 Å². The molecular formula is C9H10N4O3S. The summed E-state index contributed by atoms with van der Waals surface area (Å²) in [7, 11) is 0. The molecule has 0 aliphatic rings. The number of aromatic amines is 1. The number of nitrogens with two attached hydrogens (primary N) is 1. The van der Waals surface area contributed by atoms with Gasteiger partial charge in [-0.15, -0.1) is 11.3 Å². The number of rotatable bonds is 2. The van der Waals surface area contributed by atoms with Crippen LogP contribution in [0, 0.1) is 6.92 Å². The van der Waals surface area contributed by atoms with Gasteiger partial charge in [-0.25, -0.2) is 10.6 Å². The van der Waals surface area contributed by atoms with E-state index in [-0.39, 0.29) is 0 Å². The molecule has 2 aromatic heterocycles. The van der Waals surface area contributed by atoms with Crippen LogP contribution in [0.25, 0.3) is 10.2 Å². The molecule has 0 bridgehead atoms. The quantitative estimate of drug-likeness (QED) is 0.364. The maximum Gasteiger partial charge on any atom is 0.329 e. The van der Waals surface area contributed by atoms with Crippen molar-refractivity contribution >= 4 is 27.5 Å². The van der Waals surface area contributed by atoms with E-state index in [0.29, 0.717) is 10.2 Å². The lowest BCUT2D eigenvalue weighted by Gasteiger charge is -2.02. The van der Waals surface area contributed by atoms with E-state index in [0.717, 1.165) is 9.44 Å². The highest BCUT2D eigenvalue weighted by atomic mass is 32.1. The van der Waals surface area contributed by atoms with Crippen LogP contribution in [0.4, 0.5) is 0 Å². The molecule has 90 valence electrons. The Balaban J connectivity index is 2.67. The molecule has 0 spiro atoms. The molecule has 7 nitrogen and oxygen atoms in total. The number of amides is 1. The Morgan fingerprint density at radius 1 is 1.59 bits per heavy atom. The second-order valence-electron chi connectivity index (χ2n) is 3.49. The van der Waals surface area contributed by atoms with Gasteiger partial charge in [-0.2, -0.15) is 0 Å². The minimum absolute atomic E-state index is 0.393. The molecule has 4 N–H and O–H groups in total. The highest BCUT2D eigenvalue weighted by Gasteiger charge is 2.12. The molecule has 0 aliphatic carbocycles. The summed E-state index contributed by atoms with van der Waals surface area (Å²) < 4.78 is 0.816. The van der Waals surface area contributed by atoms with Crippen molar-refractivity contribution in [2.24, 2.45) is 5.84 Å². The van der Waals surface area contributed by atoms with Crippen molar-refractivity contribution in [1.82, 2.24) is 15.0 Å². The largest absolute Gasteiger partial charge is 0.329 e. The molecule has 0 radical (unpaired) electrons. The Morgan fingerprint density at radius 2 is 2.29 bits per heavy atom. The summed E-state index contributed by atoms with van der Waals surface area (Å²) in [4.78, 5) is 38.6. The first-order chi connectivity index (χ1) is 8.02. The van der Waals surface area contributed by atoms with Crippen LogP contribution in [0.5, 0.6) is 0 Å². The minimum atomic E-state index is -0.618. The predicted octanol–water partition coefficient (Wildman–Crippen LogP) is -0.950. The van der Waals surface area contributed by atoms with Crippen LogP contribution < -0.4 is 22.5 Å². The van der Waals surface area contributed by atoms with Gasteiger partial charge in [0, 0.05) is 4.88 Å². The van der Waals surface area contributed by atoms with Crippen molar-refractivity contribution in [2.75, 3.05) is 0 Å². The summed E-state index contributed by atoms with van der Waals surface area (Å²) >= 11 is 1.32. The van der Waals surface area contributed by atoms with E-state index in [1.54, 1.807) is 6.07 Å². The zero-order valence-electron chi connectivity index (χ0n) is 8.94. The number of thiophene rings is 1. The Hall–Kier alpha value is -1.93. The van der Waals surface area contributed by atoms with Gasteiger partial charge >= 0.3 is 5.69 Å². The van der Waals surface area contributed by atoms with Crippen molar-refractivity contribution in [1.29, 1.82) is 0 Å². The van der Waals surface area contributed by atoms with Crippen molar-refractivity contribution in [3.63, 3.8) is 0 Å². The second kappa shape index (κ2) is 4.15. The summed E-state index contributed by atoms with van der Waals surface area (Å²) in [6.07, 6.45) is 0. The summed E-state index contributed by atoms with van der Waals surface area (Å²) in [5.74, 6) is 4.30. The third-order valence-corrected chi connectivity index (χ3v) is 3.23. The standard InChI is InChI=1S/C9H10N4O3S/c1-4-2-5-7(17-4)11-9(16)13(8(5)15)3-6(14)12-10/h2H,3,10H2,1H3,(H,11,16)(H,12,14). The number of nitrogens with zero attached hydrogens (tertiary/aromatic N) is 1. The molecule has 2 aromatic rings. The molecule has 2 rings (SSSR count). The summed E-state index contributed by atoms with van der Waals surface area (Å²) in [6.45, 7) is 1.44. The molecule has 0 saturated carbocycles. The number of hydrogen-bond donors (Lipinski definition) is 3. The van der Waals surface area contributed by atoms with Gasteiger partial charge in [0.2, 0.25) is 0 Å².